The number of benzene rings is 2. The van der Waals surface area contributed by atoms with E-state index < -0.39 is 30.1 Å². The van der Waals surface area contributed by atoms with E-state index in [1.165, 1.54) is 14.2 Å². The molecule has 8 heteroatoms. The van der Waals surface area contributed by atoms with Crippen LogP contribution in [-0.4, -0.2) is 44.0 Å². The molecule has 1 atom stereocenters. The van der Waals surface area contributed by atoms with Crippen LogP contribution in [0.2, 0.25) is 0 Å². The fourth-order valence-electron chi connectivity index (χ4n) is 4.29. The molecule has 1 aliphatic heterocycles. The highest BCUT2D eigenvalue weighted by Crippen LogP contribution is 2.54. The van der Waals surface area contributed by atoms with Gasteiger partial charge in [-0.3, -0.25) is 9.18 Å². The molecule has 2 aromatic carbocycles. The minimum Gasteiger partial charge on any atom is -0.493 e. The number of hydrogen-bond acceptors (Lipinski definition) is 6. The molecule has 1 N–H and O–H groups in total. The number of hydrogen-bond donors (Lipinski definition) is 1. The van der Waals surface area contributed by atoms with Gasteiger partial charge in [-0.05, 0) is 49.4 Å². The third-order valence-corrected chi connectivity index (χ3v) is 6.22. The van der Waals surface area contributed by atoms with Crippen molar-refractivity contribution >= 4 is 11.9 Å². The fraction of sp³-hybridized carbons (Fsp3) is 0.417. The Hall–Kier alpha value is -3.29. The van der Waals surface area contributed by atoms with Crippen LogP contribution in [-0.2, 0) is 16.1 Å². The standard InChI is InChI=1S/C24H25FO7/c1-29-18-9-8-15(14-5-3-6-16-17(14)13-31-22(16)26)20(21(18)30-2)32-19(7-4-12-25)24(10-11-24)23(27)28/h3,5-6,8-9,19H,4,7,10-13H2,1-2H3,(H,27,28). The molecule has 4 rings (SSSR count). The first kappa shape index (κ1) is 21.9. The van der Waals surface area contributed by atoms with E-state index in [0.717, 1.165) is 0 Å². The second-order valence-electron chi connectivity index (χ2n) is 7.98. The maximum absolute atomic E-state index is 13.0. The highest BCUT2D eigenvalue weighted by Gasteiger charge is 2.57. The number of carbonyl (C=O) groups is 2. The summed E-state index contributed by atoms with van der Waals surface area (Å²) in [5.41, 5.74) is 1.46. The Morgan fingerprint density at radius 1 is 1.12 bits per heavy atom. The van der Waals surface area contributed by atoms with Gasteiger partial charge in [0, 0.05) is 11.1 Å². The third-order valence-electron chi connectivity index (χ3n) is 6.22. The Morgan fingerprint density at radius 2 is 1.88 bits per heavy atom. The molecule has 2 aliphatic rings. The van der Waals surface area contributed by atoms with Crippen molar-refractivity contribution in [1.82, 2.24) is 0 Å². The number of ether oxygens (including phenoxy) is 4. The number of halogens is 1. The molecule has 7 nitrogen and oxygen atoms in total. The summed E-state index contributed by atoms with van der Waals surface area (Å²) in [4.78, 5) is 24.1. The van der Waals surface area contributed by atoms with Crippen LogP contribution < -0.4 is 14.2 Å². The number of aliphatic carboxylic acids is 1. The van der Waals surface area contributed by atoms with Crippen LogP contribution in [0.5, 0.6) is 17.2 Å². The molecule has 2 aromatic rings. The van der Waals surface area contributed by atoms with E-state index >= 15 is 0 Å². The average molecular weight is 444 g/mol. The minimum atomic E-state index is -1.06. The third kappa shape index (κ3) is 3.63. The average Bonchev–Trinajstić information content (AvgIpc) is 3.53. The summed E-state index contributed by atoms with van der Waals surface area (Å²) in [6.07, 6.45) is 0.611. The summed E-state index contributed by atoms with van der Waals surface area (Å²) in [6, 6.07) is 8.79. The van der Waals surface area contributed by atoms with Gasteiger partial charge in [-0.1, -0.05) is 12.1 Å². The Balaban J connectivity index is 1.85. The first-order valence-corrected chi connectivity index (χ1v) is 10.5. The summed E-state index contributed by atoms with van der Waals surface area (Å²) >= 11 is 0. The van der Waals surface area contributed by atoms with Crippen LogP contribution >= 0.6 is 0 Å². The molecular weight excluding hydrogens is 419 g/mol. The lowest BCUT2D eigenvalue weighted by molar-refractivity contribution is -0.147. The van der Waals surface area contributed by atoms with E-state index in [1.807, 2.05) is 6.07 Å². The number of carbonyl (C=O) groups excluding carboxylic acids is 1. The maximum Gasteiger partial charge on any atom is 0.338 e. The molecule has 170 valence electrons. The molecule has 0 radical (unpaired) electrons. The number of methoxy groups -OCH3 is 2. The first-order chi connectivity index (χ1) is 15.5. The van der Waals surface area contributed by atoms with E-state index in [4.69, 9.17) is 18.9 Å². The molecule has 0 amide bonds. The first-order valence-electron chi connectivity index (χ1n) is 10.5. The molecule has 1 saturated carbocycles. The molecule has 1 aliphatic carbocycles. The largest absolute Gasteiger partial charge is 0.493 e. The number of carboxylic acid groups (broad SMARTS) is 1. The predicted molar refractivity (Wildman–Crippen MR) is 113 cm³/mol. The number of rotatable bonds is 10. The Morgan fingerprint density at radius 3 is 2.50 bits per heavy atom. The van der Waals surface area contributed by atoms with Crippen molar-refractivity contribution in [3.8, 4) is 28.4 Å². The quantitative estimate of drug-likeness (QED) is 0.543. The molecular formula is C24H25FO7. The van der Waals surface area contributed by atoms with Crippen LogP contribution in [0.3, 0.4) is 0 Å². The second-order valence-corrected chi connectivity index (χ2v) is 7.98. The smallest absolute Gasteiger partial charge is 0.338 e. The number of fused-ring (bicyclic) bond motifs is 1. The van der Waals surface area contributed by atoms with Crippen molar-refractivity contribution in [1.29, 1.82) is 0 Å². The summed E-state index contributed by atoms with van der Waals surface area (Å²) in [6.45, 7) is -0.439. The SMILES string of the molecule is COc1ccc(-c2cccc3c2COC3=O)c(OC(CCCF)C2(C(=O)O)CC2)c1OC. The molecule has 1 unspecified atom stereocenters. The van der Waals surface area contributed by atoms with Gasteiger partial charge in [0.1, 0.15) is 18.1 Å². The topological polar surface area (TPSA) is 91.3 Å². The lowest BCUT2D eigenvalue weighted by Gasteiger charge is -2.28. The number of cyclic esters (lactones) is 1. The summed E-state index contributed by atoms with van der Waals surface area (Å²) in [5.74, 6) is -0.330. The maximum atomic E-state index is 13.0. The molecule has 0 saturated heterocycles. The second kappa shape index (κ2) is 8.68. The molecule has 1 fully saturated rings. The molecule has 0 bridgehead atoms. The Kier molecular flexibility index (Phi) is 5.95. The van der Waals surface area contributed by atoms with Crippen molar-refractivity contribution in [2.24, 2.45) is 5.41 Å². The van der Waals surface area contributed by atoms with E-state index in [1.54, 1.807) is 24.3 Å². The van der Waals surface area contributed by atoms with Gasteiger partial charge in [0.15, 0.2) is 11.5 Å². The van der Waals surface area contributed by atoms with Crippen molar-refractivity contribution in [3.63, 3.8) is 0 Å². The van der Waals surface area contributed by atoms with Crippen LogP contribution in [0.15, 0.2) is 30.3 Å². The summed E-state index contributed by atoms with van der Waals surface area (Å²) in [7, 11) is 2.96. The van der Waals surface area contributed by atoms with Gasteiger partial charge in [-0.15, -0.1) is 0 Å². The van der Waals surface area contributed by atoms with Crippen LogP contribution in [0.1, 0.15) is 41.6 Å². The van der Waals surface area contributed by atoms with Crippen molar-refractivity contribution in [3.05, 3.63) is 41.5 Å². The number of alkyl halides is 1. The number of carboxylic acids is 1. The Bertz CT molecular complexity index is 1040. The molecule has 1 heterocycles. The van der Waals surface area contributed by atoms with Gasteiger partial charge in [0.25, 0.3) is 0 Å². The fourth-order valence-corrected chi connectivity index (χ4v) is 4.29. The summed E-state index contributed by atoms with van der Waals surface area (Å²) < 4.78 is 35.6. The lowest BCUT2D eigenvalue weighted by atomic mass is 9.93. The van der Waals surface area contributed by atoms with Crippen LogP contribution in [0.4, 0.5) is 4.39 Å². The molecule has 32 heavy (non-hydrogen) atoms. The van der Waals surface area contributed by atoms with E-state index in [-0.39, 0.29) is 19.4 Å². The van der Waals surface area contributed by atoms with Crippen molar-refractivity contribution < 1.29 is 38.0 Å². The van der Waals surface area contributed by atoms with Crippen LogP contribution in [0, 0.1) is 5.41 Å². The zero-order valence-corrected chi connectivity index (χ0v) is 18.0. The molecule has 0 spiro atoms. The van der Waals surface area contributed by atoms with Gasteiger partial charge < -0.3 is 24.1 Å². The highest BCUT2D eigenvalue weighted by molar-refractivity contribution is 5.96. The highest BCUT2D eigenvalue weighted by atomic mass is 19.1. The lowest BCUT2D eigenvalue weighted by Crippen LogP contribution is -2.35. The minimum absolute atomic E-state index is 0.127. The van der Waals surface area contributed by atoms with Crippen molar-refractivity contribution in [2.75, 3.05) is 20.9 Å². The van der Waals surface area contributed by atoms with Crippen molar-refractivity contribution in [2.45, 2.75) is 38.4 Å². The van der Waals surface area contributed by atoms with Crippen LogP contribution in [0.25, 0.3) is 11.1 Å². The normalized spacial score (nSPS) is 16.7. The van der Waals surface area contributed by atoms with Gasteiger partial charge >= 0.3 is 11.9 Å². The number of esters is 1. The van der Waals surface area contributed by atoms with Gasteiger partial charge in [0.05, 0.1) is 26.5 Å². The summed E-state index contributed by atoms with van der Waals surface area (Å²) in [5, 5.41) is 9.84. The van der Waals surface area contributed by atoms with E-state index in [0.29, 0.717) is 52.3 Å². The van der Waals surface area contributed by atoms with Gasteiger partial charge in [-0.25, -0.2) is 4.79 Å². The molecule has 0 aromatic heterocycles. The predicted octanol–water partition coefficient (Wildman–Crippen LogP) is 4.40. The van der Waals surface area contributed by atoms with E-state index in [2.05, 4.69) is 0 Å². The van der Waals surface area contributed by atoms with Gasteiger partial charge in [-0.2, -0.15) is 0 Å². The van der Waals surface area contributed by atoms with E-state index in [9.17, 15) is 19.1 Å². The van der Waals surface area contributed by atoms with Gasteiger partial charge in [0.2, 0.25) is 5.75 Å². The Labute approximate surface area is 185 Å². The zero-order valence-electron chi connectivity index (χ0n) is 18.0. The monoisotopic (exact) mass is 444 g/mol. The zero-order chi connectivity index (χ0) is 22.9.